The van der Waals surface area contributed by atoms with Crippen LogP contribution in [-0.4, -0.2) is 42.4 Å². The molecule has 1 atom stereocenters. The lowest BCUT2D eigenvalue weighted by Gasteiger charge is -2.13. The highest BCUT2D eigenvalue weighted by Gasteiger charge is 2.32. The van der Waals surface area contributed by atoms with Crippen LogP contribution in [0.1, 0.15) is 29.0 Å². The van der Waals surface area contributed by atoms with Crippen LogP contribution in [0, 0.1) is 0 Å². The lowest BCUT2D eigenvalue weighted by atomic mass is 9.93. The van der Waals surface area contributed by atoms with Gasteiger partial charge in [0.25, 0.3) is 0 Å². The minimum atomic E-state index is -0.381. The van der Waals surface area contributed by atoms with Gasteiger partial charge in [0.15, 0.2) is 5.58 Å². The Morgan fingerprint density at radius 2 is 2.07 bits per heavy atom. The van der Waals surface area contributed by atoms with Gasteiger partial charge in [0.2, 0.25) is 0 Å². The molecule has 0 fully saturated rings. The molecule has 28 heavy (non-hydrogen) atoms. The second kappa shape index (κ2) is 7.45. The van der Waals surface area contributed by atoms with Gasteiger partial charge in [-0.25, -0.2) is 4.79 Å². The fourth-order valence-electron chi connectivity index (χ4n) is 3.61. The molecule has 3 aromatic rings. The molecule has 0 amide bonds. The molecule has 0 N–H and O–H groups in total. The van der Waals surface area contributed by atoms with E-state index < -0.39 is 0 Å². The number of benzene rings is 2. The van der Waals surface area contributed by atoms with Crippen molar-refractivity contribution in [1.29, 1.82) is 0 Å². The molecule has 4 rings (SSSR count). The summed E-state index contributed by atoms with van der Waals surface area (Å²) in [7, 11) is 5.69. The van der Waals surface area contributed by atoms with Crippen molar-refractivity contribution >= 4 is 28.4 Å². The third-order valence-electron chi connectivity index (χ3n) is 5.13. The molecule has 2 aromatic carbocycles. The summed E-state index contributed by atoms with van der Waals surface area (Å²) in [5.74, 6) is -0.331. The number of oxazole rings is 1. The van der Waals surface area contributed by atoms with E-state index in [1.165, 1.54) is 4.57 Å². The maximum Gasteiger partial charge on any atom is 0.419 e. The number of fused-ring (bicyclic) bond motifs is 2. The van der Waals surface area contributed by atoms with Gasteiger partial charge in [-0.1, -0.05) is 35.0 Å². The van der Waals surface area contributed by atoms with Crippen molar-refractivity contribution in [1.82, 2.24) is 9.47 Å². The number of rotatable bonds is 5. The van der Waals surface area contributed by atoms with Crippen LogP contribution >= 0.6 is 11.6 Å². The summed E-state index contributed by atoms with van der Waals surface area (Å²) >= 11 is 6.48. The molecule has 7 heteroatoms. The van der Waals surface area contributed by atoms with E-state index in [-0.39, 0.29) is 11.7 Å². The molecule has 146 valence electrons. The van der Waals surface area contributed by atoms with Gasteiger partial charge < -0.3 is 14.2 Å². The van der Waals surface area contributed by atoms with Gasteiger partial charge in [0, 0.05) is 36.5 Å². The first kappa shape index (κ1) is 18.8. The van der Waals surface area contributed by atoms with Gasteiger partial charge in [0.05, 0.1) is 11.2 Å². The highest BCUT2D eigenvalue weighted by atomic mass is 35.5. The van der Waals surface area contributed by atoms with Crippen molar-refractivity contribution in [2.24, 2.45) is 12.2 Å². The summed E-state index contributed by atoms with van der Waals surface area (Å²) in [6.07, 6.45) is 0.682. The van der Waals surface area contributed by atoms with Crippen LogP contribution in [0.4, 0.5) is 0 Å². The largest absolute Gasteiger partial charge is 0.419 e. The minimum Gasteiger partial charge on any atom is -0.408 e. The molecular weight excluding hydrogens is 378 g/mol. The molecule has 0 radical (unpaired) electrons. The highest BCUT2D eigenvalue weighted by molar-refractivity contribution is 6.31. The summed E-state index contributed by atoms with van der Waals surface area (Å²) in [6, 6.07) is 11.7. The van der Waals surface area contributed by atoms with Crippen molar-refractivity contribution in [3.8, 4) is 0 Å². The molecule has 1 aromatic heterocycles. The number of aryl methyl sites for hydroxylation is 1. The monoisotopic (exact) mass is 399 g/mol. The number of oxime groups is 1. The highest BCUT2D eigenvalue weighted by Crippen LogP contribution is 2.42. The van der Waals surface area contributed by atoms with Crippen molar-refractivity contribution < 1.29 is 9.25 Å². The summed E-state index contributed by atoms with van der Waals surface area (Å²) < 4.78 is 6.89. The quantitative estimate of drug-likeness (QED) is 0.486. The van der Waals surface area contributed by atoms with Crippen molar-refractivity contribution in [2.75, 3.05) is 27.2 Å². The van der Waals surface area contributed by atoms with Crippen LogP contribution in [0.2, 0.25) is 5.02 Å². The SMILES string of the molecule is CN(C)CCO/N=C1\CC(c2ccccc2Cl)c2cc3c(cc21)oc(=O)n3C. The van der Waals surface area contributed by atoms with Crippen molar-refractivity contribution in [3.05, 3.63) is 68.7 Å². The second-order valence-corrected chi connectivity index (χ2v) is 7.69. The van der Waals surface area contributed by atoms with Crippen LogP contribution in [0.5, 0.6) is 0 Å². The van der Waals surface area contributed by atoms with E-state index in [0.29, 0.717) is 18.6 Å². The first-order valence-corrected chi connectivity index (χ1v) is 9.55. The van der Waals surface area contributed by atoms with E-state index in [2.05, 4.69) is 5.16 Å². The number of aromatic nitrogens is 1. The van der Waals surface area contributed by atoms with Crippen LogP contribution in [0.15, 0.2) is 50.8 Å². The normalized spacial score (nSPS) is 17.6. The van der Waals surface area contributed by atoms with Crippen molar-refractivity contribution in [2.45, 2.75) is 12.3 Å². The first-order chi connectivity index (χ1) is 13.5. The molecule has 1 heterocycles. The molecule has 1 aliphatic rings. The van der Waals surface area contributed by atoms with Crippen molar-refractivity contribution in [3.63, 3.8) is 0 Å². The van der Waals surface area contributed by atoms with E-state index >= 15 is 0 Å². The van der Waals surface area contributed by atoms with Crippen LogP contribution < -0.4 is 5.76 Å². The molecule has 0 aliphatic heterocycles. The van der Waals surface area contributed by atoms with E-state index in [9.17, 15) is 4.79 Å². The lowest BCUT2D eigenvalue weighted by Crippen LogP contribution is -2.17. The topological polar surface area (TPSA) is 60.0 Å². The zero-order valence-corrected chi connectivity index (χ0v) is 16.9. The molecule has 6 nitrogen and oxygen atoms in total. The molecule has 0 bridgehead atoms. The van der Waals surface area contributed by atoms with E-state index in [1.807, 2.05) is 55.4 Å². The van der Waals surface area contributed by atoms with E-state index in [0.717, 1.165) is 39.5 Å². The number of nitrogens with zero attached hydrogens (tertiary/aromatic N) is 3. The third-order valence-corrected chi connectivity index (χ3v) is 5.48. The zero-order valence-electron chi connectivity index (χ0n) is 16.1. The summed E-state index contributed by atoms with van der Waals surface area (Å²) in [5, 5.41) is 5.12. The summed E-state index contributed by atoms with van der Waals surface area (Å²) in [4.78, 5) is 19.5. The smallest absolute Gasteiger partial charge is 0.408 e. The number of hydrogen-bond acceptors (Lipinski definition) is 5. The zero-order chi connectivity index (χ0) is 19.8. The van der Waals surface area contributed by atoms with Gasteiger partial charge in [0.1, 0.15) is 6.61 Å². The second-order valence-electron chi connectivity index (χ2n) is 7.29. The molecular formula is C21H22ClN3O3. The predicted octanol–water partition coefficient (Wildman–Crippen LogP) is 3.60. The van der Waals surface area contributed by atoms with Gasteiger partial charge in [-0.05, 0) is 43.4 Å². The Kier molecular flexibility index (Phi) is 5.00. The Morgan fingerprint density at radius 3 is 2.82 bits per heavy atom. The fraction of sp³-hybridized carbons (Fsp3) is 0.333. The van der Waals surface area contributed by atoms with Gasteiger partial charge in [-0.15, -0.1) is 0 Å². The summed E-state index contributed by atoms with van der Waals surface area (Å²) in [6.45, 7) is 1.29. The van der Waals surface area contributed by atoms with Crippen LogP contribution in [0.25, 0.3) is 11.1 Å². The average molecular weight is 400 g/mol. The molecule has 0 saturated carbocycles. The van der Waals surface area contributed by atoms with E-state index in [1.54, 1.807) is 7.05 Å². The van der Waals surface area contributed by atoms with Gasteiger partial charge in [-0.2, -0.15) is 0 Å². The molecule has 1 unspecified atom stereocenters. The molecule has 0 saturated heterocycles. The standard InChI is InChI=1S/C21H22ClN3O3/c1-24(2)8-9-27-23-18-10-14(13-6-4-5-7-17(13)22)15-11-19-20(12-16(15)18)28-21(26)25(19)3/h4-7,11-12,14H,8-10H2,1-3H3/b23-18+. The number of likely N-dealkylation sites (N-methyl/N-ethyl adjacent to an activating group) is 1. The summed E-state index contributed by atoms with van der Waals surface area (Å²) in [5.41, 5.74) is 5.20. The van der Waals surface area contributed by atoms with E-state index in [4.69, 9.17) is 20.9 Å². The Balaban J connectivity index is 1.80. The third kappa shape index (κ3) is 3.34. The maximum absolute atomic E-state index is 11.9. The van der Waals surface area contributed by atoms with Gasteiger partial charge >= 0.3 is 5.76 Å². The Morgan fingerprint density at radius 1 is 1.29 bits per heavy atom. The Hall–Kier alpha value is -2.57. The Labute approximate surface area is 167 Å². The van der Waals surface area contributed by atoms with Crippen LogP contribution in [-0.2, 0) is 11.9 Å². The van der Waals surface area contributed by atoms with Gasteiger partial charge in [-0.3, -0.25) is 4.57 Å². The molecule has 1 aliphatic carbocycles. The maximum atomic E-state index is 11.9. The van der Waals surface area contributed by atoms with Crippen LogP contribution in [0.3, 0.4) is 0 Å². The average Bonchev–Trinajstić information content (AvgIpc) is 3.15. The lowest BCUT2D eigenvalue weighted by molar-refractivity contribution is 0.125. The number of hydrogen-bond donors (Lipinski definition) is 0. The predicted molar refractivity (Wildman–Crippen MR) is 110 cm³/mol. The first-order valence-electron chi connectivity index (χ1n) is 9.17. The fourth-order valence-corrected chi connectivity index (χ4v) is 3.88. The number of halogens is 1. The molecule has 0 spiro atoms. The Bertz CT molecular complexity index is 1110. The minimum absolute atomic E-state index is 0.0503.